The number of rotatable bonds is 6. The van der Waals surface area contributed by atoms with Crippen LogP contribution in [0.25, 0.3) is 0 Å². The van der Waals surface area contributed by atoms with Gasteiger partial charge in [-0.15, -0.1) is 0 Å². The van der Waals surface area contributed by atoms with Gasteiger partial charge in [0.25, 0.3) is 10.1 Å². The van der Waals surface area contributed by atoms with Gasteiger partial charge in [0, 0.05) is 19.3 Å². The van der Waals surface area contributed by atoms with Crippen molar-refractivity contribution >= 4 is 27.4 Å². The van der Waals surface area contributed by atoms with Crippen LogP contribution in [0.1, 0.15) is 16.7 Å². The van der Waals surface area contributed by atoms with Crippen molar-refractivity contribution in [1.29, 1.82) is 5.26 Å². The zero-order valence-corrected chi connectivity index (χ0v) is 15.1. The number of nitrogens with one attached hydrogen (secondary N) is 1. The lowest BCUT2D eigenvalue weighted by atomic mass is 10.0. The molecule has 0 unspecified atom stereocenters. The summed E-state index contributed by atoms with van der Waals surface area (Å²) in [5, 5.41) is 12.5. The molecule has 0 saturated heterocycles. The van der Waals surface area contributed by atoms with Crippen LogP contribution < -0.4 is 10.2 Å². The van der Waals surface area contributed by atoms with Gasteiger partial charge in [-0.05, 0) is 37.1 Å². The summed E-state index contributed by atoms with van der Waals surface area (Å²) in [6.45, 7) is 3.66. The Kier molecular flexibility index (Phi) is 5.62. The van der Waals surface area contributed by atoms with Gasteiger partial charge in [0.2, 0.25) is 0 Å². The molecule has 2 aromatic rings. The smallest absolute Gasteiger partial charge is 0.266 e. The monoisotopic (exact) mass is 360 g/mol. The maximum atomic E-state index is 10.9. The van der Waals surface area contributed by atoms with E-state index in [0.717, 1.165) is 16.8 Å². The molecule has 132 valence electrons. The summed E-state index contributed by atoms with van der Waals surface area (Å²) in [7, 11) is -2.24. The molecule has 0 radical (unpaired) electrons. The van der Waals surface area contributed by atoms with Gasteiger partial charge in [-0.1, -0.05) is 18.2 Å². The highest BCUT2D eigenvalue weighted by Gasteiger charge is 2.18. The number of para-hydroxylation sites is 1. The number of benzene rings is 1. The molecule has 0 aliphatic rings. The first-order valence-corrected chi connectivity index (χ1v) is 9.24. The molecule has 2 N–H and O–H groups in total. The highest BCUT2D eigenvalue weighted by molar-refractivity contribution is 7.85. The minimum atomic E-state index is -4.05. The number of hydrogen-bond donors (Lipinski definition) is 2. The molecule has 8 heteroatoms. The zero-order valence-electron chi connectivity index (χ0n) is 14.3. The summed E-state index contributed by atoms with van der Waals surface area (Å²) in [6, 6.07) is 11.7. The van der Waals surface area contributed by atoms with Crippen LogP contribution in [0.3, 0.4) is 0 Å². The highest BCUT2D eigenvalue weighted by atomic mass is 32.2. The quantitative estimate of drug-likeness (QED) is 0.763. The summed E-state index contributed by atoms with van der Waals surface area (Å²) in [6.07, 6.45) is 0. The van der Waals surface area contributed by atoms with Crippen LogP contribution in [0.5, 0.6) is 0 Å². The van der Waals surface area contributed by atoms with Crippen molar-refractivity contribution in [3.8, 4) is 6.07 Å². The van der Waals surface area contributed by atoms with E-state index in [2.05, 4.69) is 16.4 Å². The van der Waals surface area contributed by atoms with Gasteiger partial charge < -0.3 is 10.2 Å². The lowest BCUT2D eigenvalue weighted by molar-refractivity contribution is 0.484. The fraction of sp³-hybridized carbons (Fsp3) is 0.294. The minimum absolute atomic E-state index is 0.0203. The molecule has 0 atom stereocenters. The maximum absolute atomic E-state index is 10.9. The molecule has 1 heterocycles. The molecule has 0 saturated carbocycles. The third-order valence-corrected chi connectivity index (χ3v) is 4.68. The Morgan fingerprint density at radius 3 is 2.44 bits per heavy atom. The first-order valence-electron chi connectivity index (χ1n) is 7.63. The van der Waals surface area contributed by atoms with E-state index in [4.69, 9.17) is 4.55 Å². The summed E-state index contributed by atoms with van der Waals surface area (Å²) in [5.74, 6) is 0.543. The standard InChI is InChI=1S/C17H20N4O3S/c1-12-13(2)16(19-9-10-25(22,23)24)20-17(15(12)11-18)21(3)14-7-5-4-6-8-14/h4-8H,9-10H2,1-3H3,(H,19,20)(H,22,23,24). The largest absolute Gasteiger partial charge is 0.369 e. The normalized spacial score (nSPS) is 11.0. The van der Waals surface area contributed by atoms with E-state index in [-0.39, 0.29) is 6.54 Å². The summed E-state index contributed by atoms with van der Waals surface area (Å²) in [5.41, 5.74) is 2.87. The van der Waals surface area contributed by atoms with Gasteiger partial charge in [-0.2, -0.15) is 13.7 Å². The summed E-state index contributed by atoms with van der Waals surface area (Å²) < 4.78 is 30.6. The second-order valence-electron chi connectivity index (χ2n) is 5.63. The molecule has 0 spiro atoms. The second kappa shape index (κ2) is 7.51. The lowest BCUT2D eigenvalue weighted by Gasteiger charge is -2.23. The molecular weight excluding hydrogens is 340 g/mol. The number of hydrogen-bond acceptors (Lipinski definition) is 6. The van der Waals surface area contributed by atoms with Crippen molar-refractivity contribution in [3.05, 3.63) is 47.0 Å². The Balaban J connectivity index is 2.43. The third-order valence-electron chi connectivity index (χ3n) is 3.96. The van der Waals surface area contributed by atoms with Crippen molar-refractivity contribution in [2.24, 2.45) is 0 Å². The molecule has 1 aromatic carbocycles. The van der Waals surface area contributed by atoms with E-state index >= 15 is 0 Å². The zero-order chi connectivity index (χ0) is 18.6. The Morgan fingerprint density at radius 1 is 1.24 bits per heavy atom. The highest BCUT2D eigenvalue weighted by Crippen LogP contribution is 2.31. The van der Waals surface area contributed by atoms with E-state index in [1.807, 2.05) is 51.2 Å². The van der Waals surface area contributed by atoms with Crippen LogP contribution in [0.2, 0.25) is 0 Å². The van der Waals surface area contributed by atoms with E-state index in [9.17, 15) is 13.7 Å². The molecular formula is C17H20N4O3S. The van der Waals surface area contributed by atoms with Crippen molar-refractivity contribution in [1.82, 2.24) is 4.98 Å². The van der Waals surface area contributed by atoms with Gasteiger partial charge >= 0.3 is 0 Å². The fourth-order valence-corrected chi connectivity index (χ4v) is 2.76. The summed E-state index contributed by atoms with van der Waals surface area (Å²) in [4.78, 5) is 6.32. The Morgan fingerprint density at radius 2 is 1.88 bits per heavy atom. The van der Waals surface area contributed by atoms with Crippen LogP contribution in [-0.4, -0.2) is 37.3 Å². The molecule has 7 nitrogen and oxygen atoms in total. The number of aromatic nitrogens is 1. The fourth-order valence-electron chi connectivity index (χ4n) is 2.40. The molecule has 25 heavy (non-hydrogen) atoms. The van der Waals surface area contributed by atoms with Gasteiger partial charge in [0.05, 0.1) is 11.3 Å². The molecule has 0 amide bonds. The topological polar surface area (TPSA) is 106 Å². The first-order chi connectivity index (χ1) is 11.7. The SMILES string of the molecule is Cc1c(NCCS(=O)(=O)O)nc(N(C)c2ccccc2)c(C#N)c1C. The molecule has 0 bridgehead atoms. The predicted molar refractivity (Wildman–Crippen MR) is 97.8 cm³/mol. The van der Waals surface area contributed by atoms with E-state index < -0.39 is 15.9 Å². The minimum Gasteiger partial charge on any atom is -0.369 e. The lowest BCUT2D eigenvalue weighted by Crippen LogP contribution is -2.19. The Bertz CT molecular complexity index is 906. The molecule has 1 aromatic heterocycles. The average molecular weight is 360 g/mol. The van der Waals surface area contributed by atoms with Gasteiger partial charge in [-0.3, -0.25) is 4.55 Å². The number of anilines is 3. The number of pyridine rings is 1. The van der Waals surface area contributed by atoms with E-state index in [1.165, 1.54) is 0 Å². The van der Waals surface area contributed by atoms with Crippen LogP contribution in [0.4, 0.5) is 17.3 Å². The van der Waals surface area contributed by atoms with Gasteiger partial charge in [0.1, 0.15) is 11.9 Å². The van der Waals surface area contributed by atoms with E-state index in [1.54, 1.807) is 4.90 Å². The number of nitriles is 1. The molecule has 0 aliphatic carbocycles. The van der Waals surface area contributed by atoms with Crippen LogP contribution in [-0.2, 0) is 10.1 Å². The molecule has 0 fully saturated rings. The van der Waals surface area contributed by atoms with Gasteiger partial charge in [-0.25, -0.2) is 4.98 Å². The van der Waals surface area contributed by atoms with E-state index in [0.29, 0.717) is 17.2 Å². The maximum Gasteiger partial charge on any atom is 0.266 e. The molecule has 0 aliphatic heterocycles. The first kappa shape index (κ1) is 18.7. The Hall–Kier alpha value is -2.63. The second-order valence-corrected chi connectivity index (χ2v) is 7.20. The number of nitrogens with zero attached hydrogens (tertiary/aromatic N) is 3. The van der Waals surface area contributed by atoms with Crippen molar-refractivity contribution in [3.63, 3.8) is 0 Å². The third kappa shape index (κ3) is 4.47. The average Bonchev–Trinajstić information content (AvgIpc) is 2.57. The van der Waals surface area contributed by atoms with Gasteiger partial charge in [0.15, 0.2) is 5.82 Å². The summed E-state index contributed by atoms with van der Waals surface area (Å²) >= 11 is 0. The van der Waals surface area contributed by atoms with Crippen LogP contribution in [0, 0.1) is 25.2 Å². The van der Waals surface area contributed by atoms with Crippen molar-refractivity contribution < 1.29 is 13.0 Å². The van der Waals surface area contributed by atoms with Crippen LogP contribution >= 0.6 is 0 Å². The molecule has 2 rings (SSSR count). The van der Waals surface area contributed by atoms with Crippen molar-refractivity contribution in [2.75, 3.05) is 29.6 Å². The Labute approximate surface area is 147 Å². The van der Waals surface area contributed by atoms with Crippen molar-refractivity contribution in [2.45, 2.75) is 13.8 Å². The van der Waals surface area contributed by atoms with Crippen LogP contribution in [0.15, 0.2) is 30.3 Å². The predicted octanol–water partition coefficient (Wildman–Crippen LogP) is 2.64.